The molecule has 1 aliphatic carbocycles. The van der Waals surface area contributed by atoms with Gasteiger partial charge in [-0.3, -0.25) is 9.59 Å². The smallest absolute Gasteiger partial charge is 0.198 e. The van der Waals surface area contributed by atoms with Crippen molar-refractivity contribution in [1.82, 2.24) is 9.97 Å². The van der Waals surface area contributed by atoms with Crippen molar-refractivity contribution in [2.24, 2.45) is 0 Å². The number of para-hydroxylation sites is 2. The molecule has 2 heterocycles. The Morgan fingerprint density at radius 2 is 1.24 bits per heavy atom. The van der Waals surface area contributed by atoms with Gasteiger partial charge < -0.3 is 15.1 Å². The van der Waals surface area contributed by atoms with Gasteiger partial charge in [-0.05, 0) is 49.8 Å². The number of allylic oxidation sites excluding steroid dienone is 2. The highest BCUT2D eigenvalue weighted by molar-refractivity contribution is 6.42. The third-order valence-corrected chi connectivity index (χ3v) is 6.50. The highest BCUT2D eigenvalue weighted by atomic mass is 16.3. The summed E-state index contributed by atoms with van der Waals surface area (Å²) in [5, 5.41) is 12.6. The van der Waals surface area contributed by atoms with Crippen molar-refractivity contribution in [3.63, 3.8) is 0 Å². The molecule has 5 nitrogen and oxygen atoms in total. The van der Waals surface area contributed by atoms with Gasteiger partial charge in [-0.15, -0.1) is 0 Å². The lowest BCUT2D eigenvalue weighted by atomic mass is 9.81. The molecule has 1 aliphatic rings. The number of aromatic amines is 2. The fraction of sp³-hybridized carbons (Fsp3) is 0.0714. The molecule has 0 bridgehead atoms. The Balaban J connectivity index is 1.62. The molecule has 0 unspecified atom stereocenters. The van der Waals surface area contributed by atoms with Gasteiger partial charge in [0.05, 0.1) is 5.56 Å². The predicted octanol–water partition coefficient (Wildman–Crippen LogP) is 6.10. The minimum absolute atomic E-state index is 0.0596. The predicted molar refractivity (Wildman–Crippen MR) is 130 cm³/mol. The van der Waals surface area contributed by atoms with Crippen LogP contribution in [-0.4, -0.2) is 26.6 Å². The van der Waals surface area contributed by atoms with E-state index >= 15 is 0 Å². The highest BCUT2D eigenvalue weighted by Gasteiger charge is 2.34. The molecule has 3 aromatic carbocycles. The Morgan fingerprint density at radius 1 is 0.667 bits per heavy atom. The van der Waals surface area contributed by atoms with Crippen LogP contribution in [0.25, 0.3) is 38.5 Å². The second-order valence-corrected chi connectivity index (χ2v) is 8.47. The summed E-state index contributed by atoms with van der Waals surface area (Å²) in [6.07, 6.45) is 1.42. The number of hydrogen-bond donors (Lipinski definition) is 3. The quantitative estimate of drug-likeness (QED) is 0.315. The van der Waals surface area contributed by atoms with Gasteiger partial charge in [0.1, 0.15) is 5.75 Å². The van der Waals surface area contributed by atoms with E-state index in [0.717, 1.165) is 38.8 Å². The summed E-state index contributed by atoms with van der Waals surface area (Å²) in [6.45, 7) is 3.83. The normalized spacial score (nSPS) is 13.6. The van der Waals surface area contributed by atoms with Gasteiger partial charge in [-0.2, -0.15) is 0 Å². The Bertz CT molecular complexity index is 1680. The van der Waals surface area contributed by atoms with E-state index in [9.17, 15) is 14.7 Å². The lowest BCUT2D eigenvalue weighted by Gasteiger charge is -2.20. The second kappa shape index (κ2) is 6.81. The monoisotopic (exact) mass is 432 g/mol. The van der Waals surface area contributed by atoms with Crippen molar-refractivity contribution in [3.05, 3.63) is 94.8 Å². The molecule has 5 heteroatoms. The second-order valence-electron chi connectivity index (χ2n) is 8.47. The van der Waals surface area contributed by atoms with Crippen LogP contribution in [0.4, 0.5) is 0 Å². The minimum Gasteiger partial charge on any atom is -0.507 e. The zero-order valence-electron chi connectivity index (χ0n) is 18.1. The van der Waals surface area contributed by atoms with Gasteiger partial charge in [0.2, 0.25) is 0 Å². The molecule has 0 aliphatic heterocycles. The summed E-state index contributed by atoms with van der Waals surface area (Å²) < 4.78 is 0. The SMILES string of the molecule is Cc1[nH]c2ccccc2c1C1=CC(=O)c2c(-c3c(C)[nH]c4ccccc34)ccc(O)c2C1=O. The number of carbonyl (C=O) groups excluding carboxylic acids is 2. The molecule has 0 saturated heterocycles. The van der Waals surface area contributed by atoms with E-state index in [1.165, 1.54) is 12.1 Å². The Hall–Kier alpha value is -4.38. The van der Waals surface area contributed by atoms with E-state index in [0.29, 0.717) is 16.7 Å². The zero-order valence-corrected chi connectivity index (χ0v) is 18.1. The first-order valence-corrected chi connectivity index (χ1v) is 10.8. The molecule has 0 atom stereocenters. The number of phenolic OH excluding ortho intramolecular Hbond substituents is 1. The number of Topliss-reactive ketones (excluding diaryl/α,β-unsaturated/α-hetero) is 1. The third kappa shape index (κ3) is 2.66. The fourth-order valence-corrected chi connectivity index (χ4v) is 5.12. The molecule has 33 heavy (non-hydrogen) atoms. The number of aryl methyl sites for hydroxylation is 2. The maximum Gasteiger partial charge on any atom is 0.198 e. The van der Waals surface area contributed by atoms with Gasteiger partial charge >= 0.3 is 0 Å². The average Bonchev–Trinajstić information content (AvgIpc) is 3.31. The van der Waals surface area contributed by atoms with Crippen LogP contribution in [0.5, 0.6) is 5.75 Å². The van der Waals surface area contributed by atoms with Crippen LogP contribution in [0.2, 0.25) is 0 Å². The lowest BCUT2D eigenvalue weighted by Crippen LogP contribution is -2.18. The lowest BCUT2D eigenvalue weighted by molar-refractivity contribution is 0.1000. The number of nitrogens with one attached hydrogen (secondary N) is 2. The highest BCUT2D eigenvalue weighted by Crippen LogP contribution is 2.43. The van der Waals surface area contributed by atoms with Crippen LogP contribution >= 0.6 is 0 Å². The molecule has 6 rings (SSSR count). The summed E-state index contributed by atoms with van der Waals surface area (Å²) in [5.74, 6) is -0.832. The number of aromatic nitrogens is 2. The Morgan fingerprint density at radius 3 is 1.91 bits per heavy atom. The van der Waals surface area contributed by atoms with Crippen molar-refractivity contribution in [2.75, 3.05) is 0 Å². The number of benzene rings is 3. The van der Waals surface area contributed by atoms with Crippen molar-refractivity contribution in [1.29, 1.82) is 0 Å². The number of hydrogen-bond acceptors (Lipinski definition) is 3. The topological polar surface area (TPSA) is 85.9 Å². The number of rotatable bonds is 2. The summed E-state index contributed by atoms with van der Waals surface area (Å²) in [6, 6.07) is 18.8. The first-order valence-electron chi connectivity index (χ1n) is 10.8. The van der Waals surface area contributed by atoms with Crippen molar-refractivity contribution >= 4 is 38.9 Å². The number of ketones is 2. The van der Waals surface area contributed by atoms with E-state index in [1.807, 2.05) is 62.4 Å². The number of phenols is 1. The van der Waals surface area contributed by atoms with Gasteiger partial charge in [-0.1, -0.05) is 36.4 Å². The van der Waals surface area contributed by atoms with Crippen LogP contribution in [0, 0.1) is 13.8 Å². The molecular formula is C28H20N2O3. The summed E-state index contributed by atoms with van der Waals surface area (Å²) >= 11 is 0. The van der Waals surface area contributed by atoms with Crippen molar-refractivity contribution in [3.8, 4) is 16.9 Å². The standard InChI is InChI=1S/C28H20N2O3/c1-14-24(16-7-3-5-9-20(16)29-14)18-11-12-22(31)27-26(18)23(32)13-19(28(27)33)25-15(2)30-21-10-6-4-8-17(21)25/h3-13,29-31H,1-2H3. The van der Waals surface area contributed by atoms with Crippen LogP contribution in [0.1, 0.15) is 37.7 Å². The average molecular weight is 432 g/mol. The largest absolute Gasteiger partial charge is 0.507 e. The van der Waals surface area contributed by atoms with E-state index in [2.05, 4.69) is 9.97 Å². The van der Waals surface area contributed by atoms with Gasteiger partial charge in [-0.25, -0.2) is 0 Å². The van der Waals surface area contributed by atoms with Crippen LogP contribution < -0.4 is 0 Å². The van der Waals surface area contributed by atoms with Gasteiger partial charge in [0.15, 0.2) is 11.6 Å². The van der Waals surface area contributed by atoms with Gasteiger partial charge in [0, 0.05) is 55.5 Å². The van der Waals surface area contributed by atoms with E-state index in [-0.39, 0.29) is 28.4 Å². The molecule has 0 fully saturated rings. The third-order valence-electron chi connectivity index (χ3n) is 6.50. The zero-order chi connectivity index (χ0) is 22.9. The molecule has 0 amide bonds. The first-order chi connectivity index (χ1) is 16.0. The Labute approximate surface area is 189 Å². The number of aromatic hydroxyl groups is 1. The number of fused-ring (bicyclic) bond motifs is 3. The molecule has 0 spiro atoms. The number of carbonyl (C=O) groups is 2. The molecule has 0 saturated carbocycles. The Kier molecular flexibility index (Phi) is 3.98. The van der Waals surface area contributed by atoms with E-state index < -0.39 is 0 Å². The molecule has 160 valence electrons. The molecule has 2 aromatic heterocycles. The van der Waals surface area contributed by atoms with Crippen LogP contribution in [-0.2, 0) is 0 Å². The maximum atomic E-state index is 13.7. The fourth-order valence-electron chi connectivity index (χ4n) is 5.12. The maximum absolute atomic E-state index is 13.7. The molecular weight excluding hydrogens is 412 g/mol. The van der Waals surface area contributed by atoms with Crippen molar-refractivity contribution in [2.45, 2.75) is 13.8 Å². The summed E-state index contributed by atoms with van der Waals surface area (Å²) in [4.78, 5) is 33.9. The van der Waals surface area contributed by atoms with Crippen LogP contribution in [0.15, 0.2) is 66.7 Å². The first kappa shape index (κ1) is 19.3. The molecule has 0 radical (unpaired) electrons. The minimum atomic E-state index is -0.353. The number of H-pyrrole nitrogens is 2. The summed E-state index contributed by atoms with van der Waals surface area (Å²) in [7, 11) is 0. The van der Waals surface area contributed by atoms with E-state index in [1.54, 1.807) is 6.07 Å². The summed E-state index contributed by atoms with van der Waals surface area (Å²) in [5.41, 5.74) is 6.34. The molecule has 5 aromatic rings. The van der Waals surface area contributed by atoms with Crippen molar-refractivity contribution < 1.29 is 14.7 Å². The van der Waals surface area contributed by atoms with Gasteiger partial charge in [0.25, 0.3) is 0 Å². The van der Waals surface area contributed by atoms with E-state index in [4.69, 9.17) is 0 Å². The van der Waals surface area contributed by atoms with Crippen LogP contribution in [0.3, 0.4) is 0 Å². The molecule has 3 N–H and O–H groups in total.